The van der Waals surface area contributed by atoms with Crippen molar-refractivity contribution in [2.75, 3.05) is 12.3 Å². The summed E-state index contributed by atoms with van der Waals surface area (Å²) < 4.78 is 0. The van der Waals surface area contributed by atoms with Gasteiger partial charge in [-0.25, -0.2) is 4.98 Å². The molecule has 0 saturated carbocycles. The third kappa shape index (κ3) is 4.36. The smallest absolute Gasteiger partial charge is 0.230 e. The third-order valence-corrected chi connectivity index (χ3v) is 2.93. The molecule has 1 heterocycles. The highest BCUT2D eigenvalue weighted by molar-refractivity contribution is 8.00. The Hall–Kier alpha value is -1.00. The maximum Gasteiger partial charge on any atom is 0.230 e. The Morgan fingerprint density at radius 3 is 3.20 bits per heavy atom. The van der Waals surface area contributed by atoms with Crippen LogP contribution in [0.5, 0.6) is 0 Å². The molecule has 80 valence electrons. The van der Waals surface area contributed by atoms with Gasteiger partial charge in [-0.2, -0.15) is 0 Å². The highest BCUT2D eigenvalue weighted by Crippen LogP contribution is 2.23. The molecule has 0 spiro atoms. The van der Waals surface area contributed by atoms with Crippen molar-refractivity contribution in [2.45, 2.75) is 5.03 Å². The van der Waals surface area contributed by atoms with E-state index in [1.54, 1.807) is 24.4 Å². The van der Waals surface area contributed by atoms with Gasteiger partial charge in [0.2, 0.25) is 5.91 Å². The van der Waals surface area contributed by atoms with E-state index in [4.69, 9.17) is 11.6 Å². The van der Waals surface area contributed by atoms with Crippen LogP contribution in [-0.2, 0) is 4.79 Å². The summed E-state index contributed by atoms with van der Waals surface area (Å²) in [5.74, 6) is 0.256. The first-order valence-electron chi connectivity index (χ1n) is 4.35. The zero-order valence-corrected chi connectivity index (χ0v) is 9.64. The Balaban J connectivity index is 2.40. The van der Waals surface area contributed by atoms with E-state index in [1.165, 1.54) is 11.8 Å². The van der Waals surface area contributed by atoms with Crippen LogP contribution >= 0.6 is 23.4 Å². The summed E-state index contributed by atoms with van der Waals surface area (Å²) in [6.07, 6.45) is 3.28. The molecular formula is C10H11ClN2OS. The largest absolute Gasteiger partial charge is 0.352 e. The van der Waals surface area contributed by atoms with Crippen LogP contribution in [0.3, 0.4) is 0 Å². The fourth-order valence-electron chi connectivity index (χ4n) is 0.848. The second-order valence-corrected chi connectivity index (χ2v) is 4.04. The lowest BCUT2D eigenvalue weighted by molar-refractivity contribution is -0.118. The van der Waals surface area contributed by atoms with Crippen LogP contribution in [-0.4, -0.2) is 23.2 Å². The summed E-state index contributed by atoms with van der Waals surface area (Å²) >= 11 is 7.20. The minimum atomic E-state index is -0.0541. The minimum absolute atomic E-state index is 0.0541. The van der Waals surface area contributed by atoms with Gasteiger partial charge < -0.3 is 5.32 Å². The van der Waals surface area contributed by atoms with E-state index in [2.05, 4.69) is 16.9 Å². The summed E-state index contributed by atoms with van der Waals surface area (Å²) in [4.78, 5) is 15.3. The van der Waals surface area contributed by atoms with Crippen molar-refractivity contribution in [3.63, 3.8) is 0 Å². The Kier molecular flexibility index (Phi) is 5.21. The summed E-state index contributed by atoms with van der Waals surface area (Å²) in [6.45, 7) is 3.99. The average Bonchev–Trinajstić information content (AvgIpc) is 2.25. The van der Waals surface area contributed by atoms with E-state index in [-0.39, 0.29) is 5.91 Å². The van der Waals surface area contributed by atoms with Gasteiger partial charge in [0.25, 0.3) is 0 Å². The second-order valence-electron chi connectivity index (χ2n) is 2.67. The van der Waals surface area contributed by atoms with E-state index in [9.17, 15) is 4.79 Å². The molecule has 1 N–H and O–H groups in total. The third-order valence-electron chi connectivity index (χ3n) is 1.51. The van der Waals surface area contributed by atoms with Crippen LogP contribution in [0.1, 0.15) is 0 Å². The number of amides is 1. The lowest BCUT2D eigenvalue weighted by atomic mass is 10.5. The van der Waals surface area contributed by atoms with Crippen molar-refractivity contribution in [3.8, 4) is 0 Å². The second kappa shape index (κ2) is 6.48. The number of hydrogen-bond acceptors (Lipinski definition) is 3. The van der Waals surface area contributed by atoms with Crippen molar-refractivity contribution in [2.24, 2.45) is 0 Å². The number of hydrogen-bond donors (Lipinski definition) is 1. The molecule has 0 saturated heterocycles. The van der Waals surface area contributed by atoms with Crippen LogP contribution in [0, 0.1) is 0 Å². The molecule has 0 fully saturated rings. The molecule has 5 heteroatoms. The van der Waals surface area contributed by atoms with E-state index < -0.39 is 0 Å². The lowest BCUT2D eigenvalue weighted by Crippen LogP contribution is -2.24. The monoisotopic (exact) mass is 242 g/mol. The Morgan fingerprint density at radius 2 is 2.53 bits per heavy atom. The maximum absolute atomic E-state index is 11.2. The SMILES string of the molecule is C=CCNC(=O)CSc1ncccc1Cl. The predicted octanol–water partition coefficient (Wildman–Crippen LogP) is 2.13. The molecule has 0 aliphatic heterocycles. The van der Waals surface area contributed by atoms with Gasteiger partial charge in [0.1, 0.15) is 5.03 Å². The molecular weight excluding hydrogens is 232 g/mol. The highest BCUT2D eigenvalue weighted by Gasteiger charge is 2.05. The van der Waals surface area contributed by atoms with Crippen molar-refractivity contribution in [3.05, 3.63) is 36.0 Å². The van der Waals surface area contributed by atoms with Gasteiger partial charge in [-0.15, -0.1) is 6.58 Å². The molecule has 1 aromatic rings. The van der Waals surface area contributed by atoms with Gasteiger partial charge in [0.15, 0.2) is 0 Å². The van der Waals surface area contributed by atoms with Gasteiger partial charge >= 0.3 is 0 Å². The first kappa shape index (κ1) is 12.1. The number of carbonyl (C=O) groups excluding carboxylic acids is 1. The molecule has 0 bridgehead atoms. The van der Waals surface area contributed by atoms with Crippen LogP contribution < -0.4 is 5.32 Å². The van der Waals surface area contributed by atoms with E-state index >= 15 is 0 Å². The van der Waals surface area contributed by atoms with E-state index in [1.807, 2.05) is 0 Å². The minimum Gasteiger partial charge on any atom is -0.352 e. The van der Waals surface area contributed by atoms with E-state index in [0.717, 1.165) is 0 Å². The van der Waals surface area contributed by atoms with Gasteiger partial charge in [0, 0.05) is 12.7 Å². The number of carbonyl (C=O) groups is 1. The number of aromatic nitrogens is 1. The number of thioether (sulfide) groups is 1. The summed E-state index contributed by atoms with van der Waals surface area (Å²) in [7, 11) is 0. The van der Waals surface area contributed by atoms with E-state index in [0.29, 0.717) is 22.3 Å². The van der Waals surface area contributed by atoms with Gasteiger partial charge in [-0.1, -0.05) is 29.4 Å². The van der Waals surface area contributed by atoms with Gasteiger partial charge in [0.05, 0.1) is 10.8 Å². The van der Waals surface area contributed by atoms with Crippen molar-refractivity contribution >= 4 is 29.3 Å². The Bertz CT molecular complexity index is 357. The standard InChI is InChI=1S/C10H11ClN2OS/c1-2-5-12-9(14)7-15-10-8(11)4-3-6-13-10/h2-4,6H,1,5,7H2,(H,12,14). The topological polar surface area (TPSA) is 42.0 Å². The summed E-state index contributed by atoms with van der Waals surface area (Å²) in [6, 6.07) is 3.50. The summed E-state index contributed by atoms with van der Waals surface area (Å²) in [5, 5.41) is 3.92. The molecule has 15 heavy (non-hydrogen) atoms. The number of halogens is 1. The maximum atomic E-state index is 11.2. The molecule has 0 unspecified atom stereocenters. The first-order chi connectivity index (χ1) is 7.24. The fraction of sp³-hybridized carbons (Fsp3) is 0.200. The molecule has 3 nitrogen and oxygen atoms in total. The highest BCUT2D eigenvalue weighted by atomic mass is 35.5. The number of nitrogens with one attached hydrogen (secondary N) is 1. The Morgan fingerprint density at radius 1 is 1.73 bits per heavy atom. The molecule has 0 radical (unpaired) electrons. The van der Waals surface area contributed by atoms with Crippen molar-refractivity contribution in [1.29, 1.82) is 0 Å². The van der Waals surface area contributed by atoms with Gasteiger partial charge in [-0.05, 0) is 12.1 Å². The average molecular weight is 243 g/mol. The summed E-state index contributed by atoms with van der Waals surface area (Å²) in [5.41, 5.74) is 0. The predicted molar refractivity (Wildman–Crippen MR) is 63.2 cm³/mol. The normalized spacial score (nSPS) is 9.67. The zero-order valence-electron chi connectivity index (χ0n) is 8.07. The molecule has 0 aliphatic carbocycles. The number of rotatable bonds is 5. The number of nitrogens with zero attached hydrogens (tertiary/aromatic N) is 1. The van der Waals surface area contributed by atoms with Crippen molar-refractivity contribution < 1.29 is 4.79 Å². The molecule has 1 aromatic heterocycles. The van der Waals surface area contributed by atoms with Crippen LogP contribution in [0.2, 0.25) is 5.02 Å². The lowest BCUT2D eigenvalue weighted by Gasteiger charge is -2.02. The van der Waals surface area contributed by atoms with Crippen LogP contribution in [0.15, 0.2) is 36.0 Å². The fourth-order valence-corrected chi connectivity index (χ4v) is 1.84. The number of pyridine rings is 1. The molecule has 1 amide bonds. The van der Waals surface area contributed by atoms with Crippen LogP contribution in [0.25, 0.3) is 0 Å². The zero-order chi connectivity index (χ0) is 11.1. The van der Waals surface area contributed by atoms with Crippen molar-refractivity contribution in [1.82, 2.24) is 10.3 Å². The van der Waals surface area contributed by atoms with Crippen LogP contribution in [0.4, 0.5) is 0 Å². The molecule has 0 aromatic carbocycles. The first-order valence-corrected chi connectivity index (χ1v) is 5.71. The quantitative estimate of drug-likeness (QED) is 0.635. The molecule has 0 aliphatic rings. The van der Waals surface area contributed by atoms with Gasteiger partial charge in [-0.3, -0.25) is 4.79 Å². The molecule has 0 atom stereocenters. The Labute approximate surface area is 97.9 Å². The molecule has 1 rings (SSSR count).